The predicted octanol–water partition coefficient (Wildman–Crippen LogP) is 4.27. The van der Waals surface area contributed by atoms with E-state index in [-0.39, 0.29) is 31.2 Å². The van der Waals surface area contributed by atoms with Crippen molar-refractivity contribution in [2.75, 3.05) is 11.9 Å². The van der Waals surface area contributed by atoms with Crippen molar-refractivity contribution in [1.29, 1.82) is 0 Å². The van der Waals surface area contributed by atoms with E-state index in [4.69, 9.17) is 4.74 Å². The van der Waals surface area contributed by atoms with Crippen molar-refractivity contribution in [2.45, 2.75) is 86.8 Å². The van der Waals surface area contributed by atoms with Gasteiger partial charge in [0, 0.05) is 18.0 Å². The number of nitrogens with zero attached hydrogens (tertiary/aromatic N) is 2. The minimum Gasteiger partial charge on any atom is -0.465 e. The highest BCUT2D eigenvalue weighted by molar-refractivity contribution is 7.91. The second-order valence-electron chi connectivity index (χ2n) is 13.1. The molecule has 4 aliphatic rings. The van der Waals surface area contributed by atoms with Crippen LogP contribution < -0.4 is 20.1 Å². The van der Waals surface area contributed by atoms with Gasteiger partial charge >= 0.3 is 0 Å². The number of carbonyl (C=O) groups is 3. The van der Waals surface area contributed by atoms with Crippen LogP contribution in [-0.2, 0) is 24.4 Å². The van der Waals surface area contributed by atoms with Gasteiger partial charge in [-0.2, -0.15) is 0 Å². The van der Waals surface area contributed by atoms with Gasteiger partial charge in [0.1, 0.15) is 29.5 Å². The number of aromatic nitrogens is 1. The maximum Gasteiger partial charge on any atom is 0.274 e. The first-order chi connectivity index (χ1) is 23.1. The number of thiazole rings is 1. The molecule has 254 valence electrons. The maximum absolute atomic E-state index is 14.4. The molecule has 2 aliphatic carbocycles. The molecule has 2 saturated carbocycles. The molecule has 3 heterocycles. The van der Waals surface area contributed by atoms with E-state index < -0.39 is 56.6 Å². The van der Waals surface area contributed by atoms with Crippen molar-refractivity contribution in [2.24, 2.45) is 5.92 Å². The lowest BCUT2D eigenvalue weighted by atomic mass is 10.0. The number of carbonyl (C=O) groups excluding carboxylic acids is 3. The molecule has 11 nitrogen and oxygen atoms in total. The van der Waals surface area contributed by atoms with E-state index in [1.54, 1.807) is 12.1 Å². The highest BCUT2D eigenvalue weighted by Gasteiger charge is 2.62. The molecule has 5 atom stereocenters. The second-order valence-corrected chi connectivity index (χ2v) is 16.1. The summed E-state index contributed by atoms with van der Waals surface area (Å²) in [5, 5.41) is 5.98. The number of para-hydroxylation sites is 1. The normalized spacial score (nSPS) is 28.1. The SMILES string of the molecule is O=C1N[C@]2(C(=O)NS(=O)(=O)C3CC3)C[C@H]2C=CCCCCC[C@H](Nc2ccc(F)cc2)C(=O)N2C[C@H](Oc3nc4ccccc4s3)C[C@@H]12. The fourth-order valence-corrected chi connectivity index (χ4v) is 8.88. The zero-order valence-corrected chi connectivity index (χ0v) is 27.9. The second kappa shape index (κ2) is 13.1. The Morgan fingerprint density at radius 2 is 1.85 bits per heavy atom. The van der Waals surface area contributed by atoms with Crippen LogP contribution in [0.1, 0.15) is 57.8 Å². The summed E-state index contributed by atoms with van der Waals surface area (Å²) in [6, 6.07) is 11.7. The number of nitrogens with one attached hydrogen (secondary N) is 3. The molecule has 48 heavy (non-hydrogen) atoms. The number of allylic oxidation sites excluding steroid dienone is 1. The summed E-state index contributed by atoms with van der Waals surface area (Å²) in [5.41, 5.74) is -0.0848. The minimum absolute atomic E-state index is 0.104. The monoisotopic (exact) mass is 695 g/mol. The average molecular weight is 696 g/mol. The number of sulfonamides is 1. The minimum atomic E-state index is -3.85. The van der Waals surface area contributed by atoms with Gasteiger partial charge in [-0.15, -0.1) is 0 Å². The van der Waals surface area contributed by atoms with Crippen LogP contribution in [-0.4, -0.2) is 71.5 Å². The topological polar surface area (TPSA) is 147 Å². The third-order valence-electron chi connectivity index (χ3n) is 9.57. The van der Waals surface area contributed by atoms with E-state index in [2.05, 4.69) is 20.3 Å². The van der Waals surface area contributed by atoms with Crippen LogP contribution in [0.2, 0.25) is 0 Å². The summed E-state index contributed by atoms with van der Waals surface area (Å²) < 4.78 is 48.6. The molecule has 0 bridgehead atoms. The summed E-state index contributed by atoms with van der Waals surface area (Å²) in [6.45, 7) is 0.104. The van der Waals surface area contributed by atoms with E-state index in [1.807, 2.05) is 36.4 Å². The number of hydrogen-bond donors (Lipinski definition) is 3. The van der Waals surface area contributed by atoms with Gasteiger partial charge in [0.15, 0.2) is 0 Å². The molecule has 3 N–H and O–H groups in total. The van der Waals surface area contributed by atoms with Gasteiger partial charge in [-0.3, -0.25) is 19.1 Å². The van der Waals surface area contributed by atoms with E-state index in [0.29, 0.717) is 30.1 Å². The smallest absolute Gasteiger partial charge is 0.274 e. The number of hydrogen-bond acceptors (Lipinski definition) is 9. The first-order valence-electron chi connectivity index (χ1n) is 16.5. The third-order valence-corrected chi connectivity index (χ3v) is 12.3. The summed E-state index contributed by atoms with van der Waals surface area (Å²) in [6.07, 6.45) is 8.36. The Bertz CT molecular complexity index is 1810. The predicted molar refractivity (Wildman–Crippen MR) is 179 cm³/mol. The van der Waals surface area contributed by atoms with Gasteiger partial charge in [-0.25, -0.2) is 17.8 Å². The molecule has 2 aromatic carbocycles. The molecule has 1 saturated heterocycles. The van der Waals surface area contributed by atoms with Crippen LogP contribution in [0.4, 0.5) is 10.1 Å². The largest absolute Gasteiger partial charge is 0.465 e. The fourth-order valence-electron chi connectivity index (χ4n) is 6.64. The summed E-state index contributed by atoms with van der Waals surface area (Å²) in [4.78, 5) is 48.2. The number of benzene rings is 2. The number of ether oxygens (including phenoxy) is 1. The van der Waals surface area contributed by atoms with Crippen molar-refractivity contribution in [3.05, 3.63) is 66.5 Å². The van der Waals surface area contributed by atoms with Crippen LogP contribution in [0.5, 0.6) is 5.19 Å². The summed E-state index contributed by atoms with van der Waals surface area (Å²) in [5.74, 6) is -2.40. The first kappa shape index (κ1) is 32.5. The summed E-state index contributed by atoms with van der Waals surface area (Å²) in [7, 11) is -3.85. The van der Waals surface area contributed by atoms with E-state index in [9.17, 15) is 27.2 Å². The molecule has 0 unspecified atom stereocenters. The van der Waals surface area contributed by atoms with E-state index >= 15 is 0 Å². The van der Waals surface area contributed by atoms with Crippen molar-refractivity contribution in [1.82, 2.24) is 19.9 Å². The standard InChI is InChI=1S/C34H38FN5O6S2/c35-22-12-14-23(15-13-22)36-27-10-5-3-1-2-4-8-21-19-34(21,32(43)39-48(44,45)25-16-17-25)38-30(41)28-18-24(20-40(28)31(27)42)46-33-37-26-9-6-7-11-29(26)47-33/h4,6-9,11-15,21,24-25,27-28,36H,1-3,5,10,16-20H2,(H,38,41)(H,39,43)/t21-,24-,27+,28+,34-/m1/s1. The Hall–Kier alpha value is -4.04. The average Bonchev–Trinajstić information content (AvgIpc) is 3.95. The zero-order valence-electron chi connectivity index (χ0n) is 26.3. The number of anilines is 1. The third kappa shape index (κ3) is 6.91. The van der Waals surface area contributed by atoms with Crippen LogP contribution in [0.25, 0.3) is 10.2 Å². The molecular formula is C34H38FN5O6S2. The fraction of sp³-hybridized carbons (Fsp3) is 0.471. The molecule has 1 aromatic heterocycles. The van der Waals surface area contributed by atoms with E-state index in [0.717, 1.165) is 35.9 Å². The van der Waals surface area contributed by atoms with Crippen molar-refractivity contribution < 1.29 is 31.9 Å². The first-order valence-corrected chi connectivity index (χ1v) is 18.9. The van der Waals surface area contributed by atoms with Gasteiger partial charge in [0.25, 0.3) is 11.1 Å². The Labute approximate surface area is 282 Å². The van der Waals surface area contributed by atoms with Gasteiger partial charge in [-0.05, 0) is 74.9 Å². The van der Waals surface area contributed by atoms with Gasteiger partial charge < -0.3 is 20.3 Å². The van der Waals surface area contributed by atoms with Crippen LogP contribution in [0.3, 0.4) is 0 Å². The molecule has 0 spiro atoms. The number of rotatable bonds is 7. The van der Waals surface area contributed by atoms with Crippen LogP contribution >= 0.6 is 11.3 Å². The van der Waals surface area contributed by atoms with Crippen molar-refractivity contribution in [3.63, 3.8) is 0 Å². The van der Waals surface area contributed by atoms with Crippen molar-refractivity contribution >= 4 is 55.0 Å². The molecule has 3 fully saturated rings. The lowest BCUT2D eigenvalue weighted by Crippen LogP contribution is -2.57. The Kier molecular flexibility index (Phi) is 8.88. The maximum atomic E-state index is 14.4. The number of halogens is 1. The van der Waals surface area contributed by atoms with E-state index in [1.165, 1.54) is 28.4 Å². The number of fused-ring (bicyclic) bond motifs is 3. The lowest BCUT2D eigenvalue weighted by molar-refractivity contribution is -0.140. The zero-order chi connectivity index (χ0) is 33.5. The van der Waals surface area contributed by atoms with Gasteiger partial charge in [0.2, 0.25) is 21.8 Å². The van der Waals surface area contributed by atoms with Gasteiger partial charge in [0.05, 0.1) is 22.0 Å². The molecule has 3 amide bonds. The molecule has 7 rings (SSSR count). The molecule has 14 heteroatoms. The quantitative estimate of drug-likeness (QED) is 0.311. The van der Waals surface area contributed by atoms with Crippen LogP contribution in [0.15, 0.2) is 60.7 Å². The molecule has 0 radical (unpaired) electrons. The van der Waals surface area contributed by atoms with Gasteiger partial charge in [-0.1, -0.05) is 48.5 Å². The summed E-state index contributed by atoms with van der Waals surface area (Å²) >= 11 is 1.37. The highest BCUT2D eigenvalue weighted by Crippen LogP contribution is 2.46. The Morgan fingerprint density at radius 3 is 2.62 bits per heavy atom. The highest BCUT2D eigenvalue weighted by atomic mass is 32.2. The molecular weight excluding hydrogens is 658 g/mol. The van der Waals surface area contributed by atoms with Crippen LogP contribution in [0, 0.1) is 11.7 Å². The number of amides is 3. The molecule has 3 aromatic rings. The lowest BCUT2D eigenvalue weighted by Gasteiger charge is -2.30. The Balaban J connectivity index is 1.18. The Morgan fingerprint density at radius 1 is 1.06 bits per heavy atom. The van der Waals surface area contributed by atoms with Crippen molar-refractivity contribution in [3.8, 4) is 5.19 Å². The molecule has 2 aliphatic heterocycles.